The maximum atomic E-state index is 12.7. The van der Waals surface area contributed by atoms with Gasteiger partial charge in [0.1, 0.15) is 17.1 Å². The van der Waals surface area contributed by atoms with E-state index in [0.29, 0.717) is 10.2 Å². The summed E-state index contributed by atoms with van der Waals surface area (Å²) in [6.07, 6.45) is 1.48. The SMILES string of the molecule is COC(=O)Cn1cnc2scc(-c3ccc(OC(C)C)cc3)c2c1=O. The second-order valence-electron chi connectivity index (χ2n) is 5.77. The van der Waals surface area contributed by atoms with Crippen molar-refractivity contribution in [1.82, 2.24) is 9.55 Å². The van der Waals surface area contributed by atoms with E-state index in [0.717, 1.165) is 16.9 Å². The predicted molar refractivity (Wildman–Crippen MR) is 97.1 cm³/mol. The molecule has 0 atom stereocenters. The van der Waals surface area contributed by atoms with Gasteiger partial charge in [-0.05, 0) is 31.5 Å². The summed E-state index contributed by atoms with van der Waals surface area (Å²) in [5.74, 6) is 0.287. The summed E-state index contributed by atoms with van der Waals surface area (Å²) in [6, 6.07) is 7.58. The third kappa shape index (κ3) is 3.56. The van der Waals surface area contributed by atoms with Gasteiger partial charge in [-0.1, -0.05) is 12.1 Å². The molecule has 130 valence electrons. The van der Waals surface area contributed by atoms with Crippen LogP contribution in [0.25, 0.3) is 21.3 Å². The van der Waals surface area contributed by atoms with Gasteiger partial charge in [0.05, 0.1) is 24.9 Å². The molecule has 6 nitrogen and oxygen atoms in total. The zero-order chi connectivity index (χ0) is 18.0. The number of nitrogens with zero attached hydrogens (tertiary/aromatic N) is 2. The molecule has 7 heteroatoms. The summed E-state index contributed by atoms with van der Waals surface area (Å²) >= 11 is 1.40. The quantitative estimate of drug-likeness (QED) is 0.656. The lowest BCUT2D eigenvalue weighted by atomic mass is 10.1. The Kier molecular flexibility index (Phi) is 4.85. The number of fused-ring (bicyclic) bond motifs is 1. The number of carbonyl (C=O) groups is 1. The Hall–Kier alpha value is -2.67. The first-order valence-corrected chi connectivity index (χ1v) is 8.68. The summed E-state index contributed by atoms with van der Waals surface area (Å²) < 4.78 is 11.5. The molecule has 0 aliphatic heterocycles. The molecule has 0 N–H and O–H groups in total. The van der Waals surface area contributed by atoms with Crippen LogP contribution in [0.5, 0.6) is 5.75 Å². The number of hydrogen-bond donors (Lipinski definition) is 0. The fourth-order valence-electron chi connectivity index (χ4n) is 2.48. The molecule has 0 radical (unpaired) electrons. The molecule has 0 saturated carbocycles. The van der Waals surface area contributed by atoms with Crippen molar-refractivity contribution in [2.75, 3.05) is 7.11 Å². The Labute approximate surface area is 148 Å². The Balaban J connectivity index is 2.03. The Morgan fingerprint density at radius 2 is 2.00 bits per heavy atom. The molecule has 25 heavy (non-hydrogen) atoms. The zero-order valence-electron chi connectivity index (χ0n) is 14.2. The highest BCUT2D eigenvalue weighted by Gasteiger charge is 2.15. The van der Waals surface area contributed by atoms with E-state index in [1.165, 1.54) is 29.3 Å². The Morgan fingerprint density at radius 3 is 2.64 bits per heavy atom. The second kappa shape index (κ2) is 7.06. The number of aromatic nitrogens is 2. The number of carbonyl (C=O) groups excluding carboxylic acids is 1. The van der Waals surface area contributed by atoms with E-state index in [9.17, 15) is 9.59 Å². The first kappa shape index (κ1) is 17.2. The van der Waals surface area contributed by atoms with Gasteiger partial charge in [0.2, 0.25) is 0 Å². The molecule has 0 saturated heterocycles. The number of thiophene rings is 1. The van der Waals surface area contributed by atoms with Crippen LogP contribution in [-0.4, -0.2) is 28.7 Å². The largest absolute Gasteiger partial charge is 0.491 e. The Bertz CT molecular complexity index is 957. The van der Waals surface area contributed by atoms with Crippen LogP contribution in [0, 0.1) is 0 Å². The minimum atomic E-state index is -0.491. The van der Waals surface area contributed by atoms with Crippen LogP contribution in [0.15, 0.2) is 40.8 Å². The van der Waals surface area contributed by atoms with Crippen molar-refractivity contribution in [3.8, 4) is 16.9 Å². The number of esters is 1. The van der Waals surface area contributed by atoms with Crippen LogP contribution >= 0.6 is 11.3 Å². The Morgan fingerprint density at radius 1 is 1.28 bits per heavy atom. The van der Waals surface area contributed by atoms with Crippen LogP contribution in [0.2, 0.25) is 0 Å². The summed E-state index contributed by atoms with van der Waals surface area (Å²) in [5.41, 5.74) is 1.44. The number of ether oxygens (including phenoxy) is 2. The van der Waals surface area contributed by atoms with Gasteiger partial charge in [-0.3, -0.25) is 14.2 Å². The molecule has 1 aromatic carbocycles. The van der Waals surface area contributed by atoms with Crippen molar-refractivity contribution < 1.29 is 14.3 Å². The molecule has 0 spiro atoms. The number of hydrogen-bond acceptors (Lipinski definition) is 6. The van der Waals surface area contributed by atoms with E-state index in [-0.39, 0.29) is 18.2 Å². The van der Waals surface area contributed by atoms with Crippen molar-refractivity contribution in [3.05, 3.63) is 46.3 Å². The van der Waals surface area contributed by atoms with Crippen molar-refractivity contribution >= 4 is 27.5 Å². The lowest BCUT2D eigenvalue weighted by molar-refractivity contribution is -0.141. The van der Waals surface area contributed by atoms with Crippen LogP contribution < -0.4 is 10.3 Å². The third-order valence-electron chi connectivity index (χ3n) is 3.62. The highest BCUT2D eigenvalue weighted by atomic mass is 32.1. The number of rotatable bonds is 5. The van der Waals surface area contributed by atoms with Gasteiger partial charge in [-0.2, -0.15) is 0 Å². The fraction of sp³-hybridized carbons (Fsp3) is 0.278. The summed E-state index contributed by atoms with van der Waals surface area (Å²) in [7, 11) is 1.29. The van der Waals surface area contributed by atoms with Gasteiger partial charge in [-0.25, -0.2) is 4.98 Å². The maximum Gasteiger partial charge on any atom is 0.325 e. The van der Waals surface area contributed by atoms with Gasteiger partial charge >= 0.3 is 5.97 Å². The van der Waals surface area contributed by atoms with E-state index >= 15 is 0 Å². The monoisotopic (exact) mass is 358 g/mol. The average molecular weight is 358 g/mol. The molecule has 0 unspecified atom stereocenters. The normalized spacial score (nSPS) is 11.0. The minimum absolute atomic E-state index is 0.0996. The molecule has 2 heterocycles. The molecule has 3 rings (SSSR count). The molecular formula is C18H18N2O4S. The van der Waals surface area contributed by atoms with E-state index in [1.54, 1.807) is 0 Å². The van der Waals surface area contributed by atoms with E-state index in [1.807, 2.05) is 43.5 Å². The van der Waals surface area contributed by atoms with Crippen molar-refractivity contribution in [1.29, 1.82) is 0 Å². The highest BCUT2D eigenvalue weighted by molar-refractivity contribution is 7.17. The number of benzene rings is 1. The van der Waals surface area contributed by atoms with Gasteiger partial charge in [0, 0.05) is 10.9 Å². The van der Waals surface area contributed by atoms with E-state index in [2.05, 4.69) is 9.72 Å². The van der Waals surface area contributed by atoms with Crippen LogP contribution in [0.4, 0.5) is 0 Å². The van der Waals surface area contributed by atoms with E-state index < -0.39 is 5.97 Å². The predicted octanol–water partition coefficient (Wildman–Crippen LogP) is 3.09. The average Bonchev–Trinajstić information content (AvgIpc) is 3.02. The molecule has 0 aliphatic rings. The lowest BCUT2D eigenvalue weighted by Gasteiger charge is -2.10. The fourth-order valence-corrected chi connectivity index (χ4v) is 3.39. The highest BCUT2D eigenvalue weighted by Crippen LogP contribution is 2.31. The maximum absolute atomic E-state index is 12.7. The topological polar surface area (TPSA) is 70.4 Å². The molecule has 2 aromatic heterocycles. The number of methoxy groups -OCH3 is 1. The second-order valence-corrected chi connectivity index (χ2v) is 6.63. The summed E-state index contributed by atoms with van der Waals surface area (Å²) in [4.78, 5) is 29.1. The third-order valence-corrected chi connectivity index (χ3v) is 4.51. The molecular weight excluding hydrogens is 340 g/mol. The van der Waals surface area contributed by atoms with Crippen LogP contribution in [0.3, 0.4) is 0 Å². The van der Waals surface area contributed by atoms with Crippen molar-refractivity contribution in [3.63, 3.8) is 0 Å². The molecule has 0 bridgehead atoms. The first-order valence-electron chi connectivity index (χ1n) is 7.80. The smallest absolute Gasteiger partial charge is 0.325 e. The van der Waals surface area contributed by atoms with Crippen molar-refractivity contribution in [2.24, 2.45) is 0 Å². The first-order chi connectivity index (χ1) is 12.0. The zero-order valence-corrected chi connectivity index (χ0v) is 15.0. The van der Waals surface area contributed by atoms with Gasteiger partial charge in [-0.15, -0.1) is 11.3 Å². The van der Waals surface area contributed by atoms with Gasteiger partial charge < -0.3 is 9.47 Å². The summed E-state index contributed by atoms with van der Waals surface area (Å²) in [6.45, 7) is 3.78. The summed E-state index contributed by atoms with van der Waals surface area (Å²) in [5, 5.41) is 2.41. The van der Waals surface area contributed by atoms with Gasteiger partial charge in [0.15, 0.2) is 0 Å². The molecule has 0 fully saturated rings. The molecule has 0 aliphatic carbocycles. The lowest BCUT2D eigenvalue weighted by Crippen LogP contribution is -2.25. The molecule has 0 amide bonds. The molecule has 3 aromatic rings. The standard InChI is InChI=1S/C18H18N2O4S/c1-11(2)24-13-6-4-12(5-7-13)14-9-25-17-16(14)18(22)20(10-19-17)8-15(21)23-3/h4-7,9-11H,8H2,1-3H3. The van der Waals surface area contributed by atoms with Crippen LogP contribution in [0.1, 0.15) is 13.8 Å². The minimum Gasteiger partial charge on any atom is -0.491 e. The van der Waals surface area contributed by atoms with E-state index in [4.69, 9.17) is 4.74 Å². The van der Waals surface area contributed by atoms with Crippen LogP contribution in [-0.2, 0) is 16.1 Å². The van der Waals surface area contributed by atoms with Crippen molar-refractivity contribution in [2.45, 2.75) is 26.5 Å². The van der Waals surface area contributed by atoms with Gasteiger partial charge in [0.25, 0.3) is 5.56 Å².